The van der Waals surface area contributed by atoms with Crippen molar-refractivity contribution in [2.45, 2.75) is 57.1 Å². The van der Waals surface area contributed by atoms with Gasteiger partial charge in [0.15, 0.2) is 5.96 Å². The van der Waals surface area contributed by atoms with Gasteiger partial charge in [-0.3, -0.25) is 4.99 Å². The number of nitrogens with one attached hydrogen (secondary N) is 2. The minimum atomic E-state index is 0.391. The fourth-order valence-electron chi connectivity index (χ4n) is 3.62. The Bertz CT molecular complexity index is 366. The monoisotopic (exact) mass is 340 g/mol. The quantitative estimate of drug-likeness (QED) is 0.425. The van der Waals surface area contributed by atoms with Gasteiger partial charge < -0.3 is 15.5 Å². The Labute approximate surface area is 147 Å². The predicted octanol–water partition coefficient (Wildman–Crippen LogP) is 2.95. The Morgan fingerprint density at radius 3 is 2.87 bits per heavy atom. The molecule has 134 valence electrons. The van der Waals surface area contributed by atoms with Gasteiger partial charge in [0.2, 0.25) is 0 Å². The molecule has 0 saturated carbocycles. The Morgan fingerprint density at radius 2 is 2.17 bits per heavy atom. The van der Waals surface area contributed by atoms with Gasteiger partial charge in [-0.2, -0.15) is 11.8 Å². The first-order valence-electron chi connectivity index (χ1n) is 9.42. The van der Waals surface area contributed by atoms with Crippen LogP contribution in [0.2, 0.25) is 0 Å². The van der Waals surface area contributed by atoms with E-state index in [2.05, 4.69) is 46.1 Å². The molecule has 4 nitrogen and oxygen atoms in total. The fourth-order valence-corrected chi connectivity index (χ4v) is 4.87. The summed E-state index contributed by atoms with van der Waals surface area (Å²) < 4.78 is 0.391. The van der Waals surface area contributed by atoms with Crippen molar-refractivity contribution in [3.63, 3.8) is 0 Å². The molecule has 0 aliphatic carbocycles. The molecule has 23 heavy (non-hydrogen) atoms. The Hall–Kier alpha value is -0.420. The van der Waals surface area contributed by atoms with Crippen LogP contribution in [0.1, 0.15) is 52.4 Å². The normalized spacial score (nSPS) is 29.7. The Morgan fingerprint density at radius 1 is 1.30 bits per heavy atom. The second-order valence-corrected chi connectivity index (χ2v) is 9.19. The molecule has 0 aromatic carbocycles. The van der Waals surface area contributed by atoms with Crippen LogP contribution in [0.25, 0.3) is 0 Å². The van der Waals surface area contributed by atoms with Crippen molar-refractivity contribution in [3.05, 3.63) is 0 Å². The van der Waals surface area contributed by atoms with Crippen LogP contribution in [-0.4, -0.2) is 61.1 Å². The molecule has 2 N–H and O–H groups in total. The van der Waals surface area contributed by atoms with Crippen LogP contribution in [0.3, 0.4) is 0 Å². The van der Waals surface area contributed by atoms with Gasteiger partial charge in [-0.1, -0.05) is 6.92 Å². The molecule has 2 atom stereocenters. The molecule has 2 rings (SSSR count). The number of likely N-dealkylation sites (tertiary alicyclic amines) is 1. The predicted molar refractivity (Wildman–Crippen MR) is 104 cm³/mol. The highest BCUT2D eigenvalue weighted by Crippen LogP contribution is 2.36. The lowest BCUT2D eigenvalue weighted by molar-refractivity contribution is 0.181. The average molecular weight is 341 g/mol. The molecule has 0 aromatic heterocycles. The van der Waals surface area contributed by atoms with Crippen LogP contribution in [-0.2, 0) is 0 Å². The summed E-state index contributed by atoms with van der Waals surface area (Å²) in [6.07, 6.45) is 7.96. The summed E-state index contributed by atoms with van der Waals surface area (Å²) >= 11 is 2.09. The first kappa shape index (κ1) is 18.9. The third kappa shape index (κ3) is 6.92. The van der Waals surface area contributed by atoms with Crippen molar-refractivity contribution in [2.75, 3.05) is 45.5 Å². The van der Waals surface area contributed by atoms with E-state index >= 15 is 0 Å². The standard InChI is InChI=1S/C18H36N4S/c1-16-8-6-12-22(14-16)11-5-4-10-20-17(19-3)21-15-18(2)9-7-13-23-18/h16H,4-15H2,1-3H3,(H2,19,20,21). The molecule has 2 unspecified atom stereocenters. The minimum absolute atomic E-state index is 0.391. The third-order valence-corrected chi connectivity index (χ3v) is 6.63. The smallest absolute Gasteiger partial charge is 0.191 e. The summed E-state index contributed by atoms with van der Waals surface area (Å²) in [5, 5.41) is 6.97. The van der Waals surface area contributed by atoms with Gasteiger partial charge in [0.25, 0.3) is 0 Å². The van der Waals surface area contributed by atoms with Gasteiger partial charge in [-0.25, -0.2) is 0 Å². The molecule has 2 aliphatic heterocycles. The van der Waals surface area contributed by atoms with E-state index in [-0.39, 0.29) is 0 Å². The number of nitrogens with zero attached hydrogens (tertiary/aromatic N) is 2. The first-order valence-corrected chi connectivity index (χ1v) is 10.4. The third-order valence-electron chi connectivity index (χ3n) is 5.09. The number of unbranched alkanes of at least 4 members (excludes halogenated alkanes) is 1. The highest BCUT2D eigenvalue weighted by atomic mass is 32.2. The van der Waals surface area contributed by atoms with Crippen LogP contribution in [0, 0.1) is 5.92 Å². The van der Waals surface area contributed by atoms with Gasteiger partial charge in [-0.05, 0) is 70.2 Å². The minimum Gasteiger partial charge on any atom is -0.356 e. The van der Waals surface area contributed by atoms with E-state index in [1.165, 1.54) is 63.9 Å². The number of piperidine rings is 1. The average Bonchev–Trinajstić information content (AvgIpc) is 2.97. The van der Waals surface area contributed by atoms with E-state index in [1.807, 2.05) is 7.05 Å². The molecule has 0 amide bonds. The van der Waals surface area contributed by atoms with Crippen molar-refractivity contribution < 1.29 is 0 Å². The molecule has 2 fully saturated rings. The topological polar surface area (TPSA) is 39.7 Å². The second kappa shape index (κ2) is 9.77. The lowest BCUT2D eigenvalue weighted by Crippen LogP contribution is -2.44. The van der Waals surface area contributed by atoms with Crippen molar-refractivity contribution >= 4 is 17.7 Å². The summed E-state index contributed by atoms with van der Waals surface area (Å²) in [6, 6.07) is 0. The number of thioether (sulfide) groups is 1. The molecular weight excluding hydrogens is 304 g/mol. The molecule has 2 aliphatic rings. The maximum absolute atomic E-state index is 4.35. The van der Waals surface area contributed by atoms with Crippen molar-refractivity contribution in [3.8, 4) is 0 Å². The highest BCUT2D eigenvalue weighted by Gasteiger charge is 2.29. The van der Waals surface area contributed by atoms with Crippen LogP contribution < -0.4 is 10.6 Å². The summed E-state index contributed by atoms with van der Waals surface area (Å²) in [7, 11) is 1.87. The molecule has 2 heterocycles. The molecule has 0 spiro atoms. The molecular formula is C18H36N4S. The zero-order valence-corrected chi connectivity index (χ0v) is 16.2. The van der Waals surface area contributed by atoms with E-state index < -0.39 is 0 Å². The summed E-state index contributed by atoms with van der Waals surface area (Å²) in [5.41, 5.74) is 0. The molecule has 0 bridgehead atoms. The SMILES string of the molecule is CN=C(NCCCCN1CCCC(C)C1)NCC1(C)CCCS1. The number of hydrogen-bond acceptors (Lipinski definition) is 3. The zero-order chi connectivity index (χ0) is 16.5. The summed E-state index contributed by atoms with van der Waals surface area (Å²) in [6.45, 7) is 10.6. The highest BCUT2D eigenvalue weighted by molar-refractivity contribution is 8.00. The summed E-state index contributed by atoms with van der Waals surface area (Å²) in [5.74, 6) is 3.16. The lowest BCUT2D eigenvalue weighted by Gasteiger charge is -2.30. The zero-order valence-electron chi connectivity index (χ0n) is 15.4. The number of guanidine groups is 1. The van der Waals surface area contributed by atoms with E-state index in [0.29, 0.717) is 4.75 Å². The Kier molecular flexibility index (Phi) is 8.04. The largest absolute Gasteiger partial charge is 0.356 e. The molecule has 5 heteroatoms. The van der Waals surface area contributed by atoms with Gasteiger partial charge >= 0.3 is 0 Å². The van der Waals surface area contributed by atoms with E-state index in [4.69, 9.17) is 0 Å². The molecule has 0 aromatic rings. The first-order chi connectivity index (χ1) is 11.1. The van der Waals surface area contributed by atoms with Crippen LogP contribution in [0.5, 0.6) is 0 Å². The number of aliphatic imine (C=N–C) groups is 1. The van der Waals surface area contributed by atoms with Gasteiger partial charge in [0, 0.05) is 31.4 Å². The number of hydrogen-bond donors (Lipinski definition) is 2. The van der Waals surface area contributed by atoms with Crippen LogP contribution in [0.15, 0.2) is 4.99 Å². The second-order valence-electron chi connectivity index (χ2n) is 7.51. The van der Waals surface area contributed by atoms with E-state index in [9.17, 15) is 0 Å². The van der Waals surface area contributed by atoms with Crippen LogP contribution >= 0.6 is 11.8 Å². The number of rotatable bonds is 7. The van der Waals surface area contributed by atoms with Crippen LogP contribution in [0.4, 0.5) is 0 Å². The summed E-state index contributed by atoms with van der Waals surface area (Å²) in [4.78, 5) is 6.99. The molecule has 2 saturated heterocycles. The van der Waals surface area contributed by atoms with Gasteiger partial charge in [-0.15, -0.1) is 0 Å². The van der Waals surface area contributed by atoms with E-state index in [0.717, 1.165) is 25.0 Å². The van der Waals surface area contributed by atoms with Gasteiger partial charge in [0.1, 0.15) is 0 Å². The van der Waals surface area contributed by atoms with E-state index in [1.54, 1.807) is 0 Å². The fraction of sp³-hybridized carbons (Fsp3) is 0.944. The Balaban J connectivity index is 1.53. The van der Waals surface area contributed by atoms with Crippen molar-refractivity contribution in [1.82, 2.24) is 15.5 Å². The van der Waals surface area contributed by atoms with Crippen molar-refractivity contribution in [2.24, 2.45) is 10.9 Å². The van der Waals surface area contributed by atoms with Gasteiger partial charge in [0.05, 0.1) is 0 Å². The molecule has 0 radical (unpaired) electrons. The maximum atomic E-state index is 4.35. The van der Waals surface area contributed by atoms with Crippen molar-refractivity contribution in [1.29, 1.82) is 0 Å². The lowest BCUT2D eigenvalue weighted by atomic mass is 10.0. The maximum Gasteiger partial charge on any atom is 0.191 e.